The lowest BCUT2D eigenvalue weighted by molar-refractivity contribution is 0.786. The van der Waals surface area contributed by atoms with Crippen molar-refractivity contribution in [1.82, 2.24) is 4.68 Å². The molecule has 0 aliphatic rings. The zero-order valence-corrected chi connectivity index (χ0v) is 12.4. The van der Waals surface area contributed by atoms with Crippen molar-refractivity contribution < 1.29 is 0 Å². The Hall–Kier alpha value is -2.67. The molecule has 0 aliphatic heterocycles. The van der Waals surface area contributed by atoms with Gasteiger partial charge in [-0.2, -0.15) is 10.4 Å². The molecule has 0 N–H and O–H groups in total. The van der Waals surface area contributed by atoms with Crippen molar-refractivity contribution in [2.24, 2.45) is 5.10 Å². The van der Waals surface area contributed by atoms with Crippen LogP contribution in [0.3, 0.4) is 0 Å². The summed E-state index contributed by atoms with van der Waals surface area (Å²) in [5.74, 6) is 0. The molecule has 0 saturated heterocycles. The lowest BCUT2D eigenvalue weighted by atomic mass is 10.1. The molecule has 2 rings (SSSR count). The van der Waals surface area contributed by atoms with E-state index in [9.17, 15) is 4.79 Å². The molecule has 106 valence electrons. The molecule has 0 unspecified atom stereocenters. The van der Waals surface area contributed by atoms with E-state index in [4.69, 9.17) is 5.26 Å². The summed E-state index contributed by atoms with van der Waals surface area (Å²) in [6, 6.07) is 11.7. The maximum absolute atomic E-state index is 12.2. The number of hydrogen-bond donors (Lipinski definition) is 0. The van der Waals surface area contributed by atoms with Crippen LogP contribution in [0.1, 0.15) is 34.9 Å². The van der Waals surface area contributed by atoms with Crippen LogP contribution in [0, 0.1) is 25.2 Å². The molecule has 0 spiro atoms. The number of aromatic nitrogens is 1. The van der Waals surface area contributed by atoms with Crippen LogP contribution < -0.4 is 5.56 Å². The number of nitriles is 1. The van der Waals surface area contributed by atoms with Crippen molar-refractivity contribution in [2.45, 2.75) is 27.2 Å². The van der Waals surface area contributed by atoms with Crippen LogP contribution in [0.4, 0.5) is 0 Å². The van der Waals surface area contributed by atoms with Crippen molar-refractivity contribution in [3.63, 3.8) is 0 Å². The monoisotopic (exact) mass is 279 g/mol. The first kappa shape index (κ1) is 14.7. The predicted molar refractivity (Wildman–Crippen MR) is 83.7 cm³/mol. The molecule has 0 bridgehead atoms. The molecule has 4 nitrogen and oxygen atoms in total. The largest absolute Gasteiger partial charge is 0.289 e. The molecule has 21 heavy (non-hydrogen) atoms. The van der Waals surface area contributed by atoms with E-state index in [1.807, 2.05) is 30.3 Å². The third kappa shape index (κ3) is 3.09. The van der Waals surface area contributed by atoms with E-state index >= 15 is 0 Å². The summed E-state index contributed by atoms with van der Waals surface area (Å²) in [6.45, 7) is 5.65. The Morgan fingerprint density at radius 2 is 1.95 bits per heavy atom. The second kappa shape index (κ2) is 6.19. The molecular formula is C17H17N3O. The fourth-order valence-electron chi connectivity index (χ4n) is 2.12. The van der Waals surface area contributed by atoms with E-state index in [1.54, 1.807) is 26.1 Å². The molecule has 1 aromatic heterocycles. The maximum Gasteiger partial charge on any atom is 0.289 e. The highest BCUT2D eigenvalue weighted by Gasteiger charge is 2.08. The van der Waals surface area contributed by atoms with E-state index in [2.05, 4.69) is 12.0 Å². The Bertz CT molecular complexity index is 777. The van der Waals surface area contributed by atoms with Gasteiger partial charge in [0.1, 0.15) is 11.6 Å². The maximum atomic E-state index is 12.2. The second-order valence-corrected chi connectivity index (χ2v) is 4.91. The zero-order chi connectivity index (χ0) is 15.4. The second-order valence-electron chi connectivity index (χ2n) is 4.91. The molecule has 4 heteroatoms. The summed E-state index contributed by atoms with van der Waals surface area (Å²) in [6.07, 6.45) is 2.61. The molecule has 0 amide bonds. The number of nitrogens with zero attached hydrogens (tertiary/aromatic N) is 3. The topological polar surface area (TPSA) is 58.1 Å². The molecule has 0 aliphatic carbocycles. The standard InChI is InChI=1S/C17H17N3O/c1-4-14-5-7-15(8-6-14)11-19-20-13(3)9-12(2)16(10-18)17(20)21/h5-9,11H,4H2,1-3H3. The van der Waals surface area contributed by atoms with E-state index < -0.39 is 0 Å². The first-order chi connectivity index (χ1) is 10.1. The number of pyridine rings is 1. The van der Waals surface area contributed by atoms with Crippen molar-refractivity contribution in [1.29, 1.82) is 5.26 Å². The van der Waals surface area contributed by atoms with Gasteiger partial charge in [0, 0.05) is 5.69 Å². The molecule has 0 radical (unpaired) electrons. The van der Waals surface area contributed by atoms with Crippen molar-refractivity contribution in [3.05, 3.63) is 68.6 Å². The molecule has 1 aromatic carbocycles. The number of aryl methyl sites for hydroxylation is 3. The van der Waals surface area contributed by atoms with Crippen LogP contribution in [0.25, 0.3) is 0 Å². The lowest BCUT2D eigenvalue weighted by Gasteiger charge is -2.06. The Morgan fingerprint density at radius 1 is 1.29 bits per heavy atom. The highest BCUT2D eigenvalue weighted by molar-refractivity contribution is 5.79. The normalized spacial score (nSPS) is 10.8. The van der Waals surface area contributed by atoms with Gasteiger partial charge in [-0.05, 0) is 43.0 Å². The van der Waals surface area contributed by atoms with Crippen LogP contribution >= 0.6 is 0 Å². The minimum Gasteiger partial charge on any atom is -0.266 e. The average Bonchev–Trinajstić information content (AvgIpc) is 2.47. The van der Waals surface area contributed by atoms with Crippen LogP contribution in [0.5, 0.6) is 0 Å². The average molecular weight is 279 g/mol. The van der Waals surface area contributed by atoms with E-state index in [-0.39, 0.29) is 11.1 Å². The summed E-state index contributed by atoms with van der Waals surface area (Å²) in [4.78, 5) is 12.2. The fraction of sp³-hybridized carbons (Fsp3) is 0.235. The van der Waals surface area contributed by atoms with Crippen molar-refractivity contribution >= 4 is 6.21 Å². The number of benzene rings is 1. The van der Waals surface area contributed by atoms with Gasteiger partial charge < -0.3 is 0 Å². The molecular weight excluding hydrogens is 262 g/mol. The van der Waals surface area contributed by atoms with Gasteiger partial charge in [-0.15, -0.1) is 0 Å². The van der Waals surface area contributed by atoms with Crippen LogP contribution in [-0.2, 0) is 6.42 Å². The van der Waals surface area contributed by atoms with Crippen LogP contribution in [0.15, 0.2) is 40.2 Å². The molecule has 1 heterocycles. The predicted octanol–water partition coefficient (Wildman–Crippen LogP) is 2.78. The Kier molecular flexibility index (Phi) is 4.34. The SMILES string of the molecule is CCc1ccc(C=Nn2c(C)cc(C)c(C#N)c2=O)cc1. The van der Waals surface area contributed by atoms with Crippen LogP contribution in [0.2, 0.25) is 0 Å². The van der Waals surface area contributed by atoms with Gasteiger partial charge in [0.2, 0.25) is 0 Å². The third-order valence-corrected chi connectivity index (χ3v) is 3.38. The number of hydrogen-bond acceptors (Lipinski definition) is 3. The minimum atomic E-state index is -0.378. The van der Waals surface area contributed by atoms with Crippen LogP contribution in [-0.4, -0.2) is 10.9 Å². The summed E-state index contributed by atoms with van der Waals surface area (Å²) >= 11 is 0. The number of rotatable bonds is 3. The minimum absolute atomic E-state index is 0.138. The highest BCUT2D eigenvalue weighted by Crippen LogP contribution is 2.06. The summed E-state index contributed by atoms with van der Waals surface area (Å²) in [7, 11) is 0. The van der Waals surface area contributed by atoms with Gasteiger partial charge in [0.25, 0.3) is 5.56 Å². The molecule has 0 atom stereocenters. The summed E-state index contributed by atoms with van der Waals surface area (Å²) in [5, 5.41) is 13.3. The Balaban J connectivity index is 2.41. The summed E-state index contributed by atoms with van der Waals surface area (Å²) < 4.78 is 1.26. The Morgan fingerprint density at radius 3 is 2.52 bits per heavy atom. The van der Waals surface area contributed by atoms with Gasteiger partial charge in [-0.1, -0.05) is 31.2 Å². The van der Waals surface area contributed by atoms with E-state index in [0.717, 1.165) is 12.0 Å². The first-order valence-corrected chi connectivity index (χ1v) is 6.83. The summed E-state index contributed by atoms with van der Waals surface area (Å²) in [5.41, 5.74) is 3.31. The molecule has 0 saturated carbocycles. The van der Waals surface area contributed by atoms with Gasteiger partial charge in [0.15, 0.2) is 0 Å². The zero-order valence-electron chi connectivity index (χ0n) is 12.4. The van der Waals surface area contributed by atoms with Crippen molar-refractivity contribution in [3.8, 4) is 6.07 Å². The van der Waals surface area contributed by atoms with Gasteiger partial charge in [-0.3, -0.25) is 4.79 Å². The third-order valence-electron chi connectivity index (χ3n) is 3.38. The first-order valence-electron chi connectivity index (χ1n) is 6.83. The molecule has 0 fully saturated rings. The van der Waals surface area contributed by atoms with Crippen molar-refractivity contribution in [2.75, 3.05) is 0 Å². The van der Waals surface area contributed by atoms with Gasteiger partial charge in [-0.25, -0.2) is 4.68 Å². The van der Waals surface area contributed by atoms with E-state index in [1.165, 1.54) is 10.2 Å². The fourth-order valence-corrected chi connectivity index (χ4v) is 2.12. The lowest BCUT2D eigenvalue weighted by Crippen LogP contribution is -2.22. The van der Waals surface area contributed by atoms with Gasteiger partial charge in [0.05, 0.1) is 6.21 Å². The highest BCUT2D eigenvalue weighted by atomic mass is 16.1. The smallest absolute Gasteiger partial charge is 0.266 e. The van der Waals surface area contributed by atoms with E-state index in [0.29, 0.717) is 11.3 Å². The van der Waals surface area contributed by atoms with Gasteiger partial charge >= 0.3 is 0 Å². The quantitative estimate of drug-likeness (QED) is 0.811. The Labute approximate surface area is 124 Å². The molecule has 2 aromatic rings.